The van der Waals surface area contributed by atoms with Crippen LogP contribution in [0.2, 0.25) is 0 Å². The van der Waals surface area contributed by atoms with Crippen LogP contribution in [0, 0.1) is 5.82 Å². The minimum Gasteiger partial charge on any atom is -0.321 e. The third kappa shape index (κ3) is 3.16. The molecule has 0 aliphatic rings. The number of rotatable bonds is 3. The molecule has 1 N–H and O–H groups in total. The van der Waals surface area contributed by atoms with Gasteiger partial charge in [0.2, 0.25) is 0 Å². The number of carbonyl (C=O) groups excluding carboxylic acids is 1. The molecule has 2 aromatic carbocycles. The lowest BCUT2D eigenvalue weighted by atomic mass is 10.2. The first-order chi connectivity index (χ1) is 9.13. The smallest absolute Gasteiger partial charge is 0.258 e. The van der Waals surface area contributed by atoms with Crippen molar-refractivity contribution in [3.8, 4) is 0 Å². The van der Waals surface area contributed by atoms with Crippen LogP contribution >= 0.6 is 27.7 Å². The lowest BCUT2D eigenvalue weighted by Crippen LogP contribution is -2.14. The van der Waals surface area contributed by atoms with E-state index in [1.54, 1.807) is 18.2 Å². The Kier molecular flexibility index (Phi) is 4.61. The van der Waals surface area contributed by atoms with E-state index in [0.717, 1.165) is 4.90 Å². The fourth-order valence-corrected chi connectivity index (χ4v) is 2.54. The van der Waals surface area contributed by atoms with Gasteiger partial charge in [-0.2, -0.15) is 0 Å². The van der Waals surface area contributed by atoms with Gasteiger partial charge in [-0.3, -0.25) is 4.79 Å². The first-order valence-corrected chi connectivity index (χ1v) is 7.53. The molecule has 0 aliphatic carbocycles. The van der Waals surface area contributed by atoms with Crippen molar-refractivity contribution in [2.75, 3.05) is 11.6 Å². The number of nitrogens with one attached hydrogen (secondary N) is 1. The van der Waals surface area contributed by atoms with Gasteiger partial charge in [-0.05, 0) is 46.5 Å². The molecular formula is C14H11BrFNOS. The molecule has 0 unspecified atom stereocenters. The van der Waals surface area contributed by atoms with Crippen LogP contribution in [0.1, 0.15) is 10.4 Å². The van der Waals surface area contributed by atoms with E-state index in [4.69, 9.17) is 0 Å². The number of anilines is 1. The Balaban J connectivity index is 2.28. The van der Waals surface area contributed by atoms with Crippen molar-refractivity contribution in [3.05, 3.63) is 58.3 Å². The minimum absolute atomic E-state index is 0.0188. The molecule has 98 valence electrons. The first kappa shape index (κ1) is 14.1. The summed E-state index contributed by atoms with van der Waals surface area (Å²) in [6.07, 6.45) is 1.92. The zero-order chi connectivity index (χ0) is 13.8. The molecule has 0 saturated carbocycles. The maximum absolute atomic E-state index is 13.8. The van der Waals surface area contributed by atoms with Crippen LogP contribution in [0.15, 0.2) is 51.8 Å². The van der Waals surface area contributed by atoms with Crippen LogP contribution < -0.4 is 5.32 Å². The topological polar surface area (TPSA) is 29.1 Å². The molecule has 0 spiro atoms. The fourth-order valence-electron chi connectivity index (χ4n) is 1.62. The normalized spacial score (nSPS) is 10.3. The van der Waals surface area contributed by atoms with E-state index in [1.807, 2.05) is 24.5 Å². The van der Waals surface area contributed by atoms with Gasteiger partial charge >= 0.3 is 0 Å². The predicted molar refractivity (Wildman–Crippen MR) is 80.3 cm³/mol. The van der Waals surface area contributed by atoms with Crippen molar-refractivity contribution in [1.29, 1.82) is 0 Å². The maximum atomic E-state index is 13.8. The summed E-state index contributed by atoms with van der Waals surface area (Å²) in [5.41, 5.74) is 0.699. The second-order valence-corrected chi connectivity index (χ2v) is 5.46. The highest BCUT2D eigenvalue weighted by atomic mass is 79.9. The number of benzene rings is 2. The molecule has 0 atom stereocenters. The number of thioether (sulfide) groups is 1. The van der Waals surface area contributed by atoms with Gasteiger partial charge in [0.05, 0.1) is 15.7 Å². The van der Waals surface area contributed by atoms with Crippen LogP contribution in [0.3, 0.4) is 0 Å². The molecule has 0 fully saturated rings. The molecule has 0 saturated heterocycles. The van der Waals surface area contributed by atoms with E-state index in [-0.39, 0.29) is 10.0 Å². The lowest BCUT2D eigenvalue weighted by Gasteiger charge is -2.10. The van der Waals surface area contributed by atoms with Crippen molar-refractivity contribution in [2.45, 2.75) is 4.90 Å². The highest BCUT2D eigenvalue weighted by Gasteiger charge is 2.14. The third-order valence-electron chi connectivity index (χ3n) is 2.55. The van der Waals surface area contributed by atoms with Gasteiger partial charge in [0.25, 0.3) is 5.91 Å². The Morgan fingerprint density at radius 1 is 1.21 bits per heavy atom. The number of carbonyl (C=O) groups is 1. The van der Waals surface area contributed by atoms with Gasteiger partial charge in [-0.15, -0.1) is 11.8 Å². The van der Waals surface area contributed by atoms with E-state index in [2.05, 4.69) is 21.2 Å². The van der Waals surface area contributed by atoms with E-state index in [0.29, 0.717) is 5.69 Å². The van der Waals surface area contributed by atoms with Gasteiger partial charge in [0, 0.05) is 4.90 Å². The van der Waals surface area contributed by atoms with Gasteiger partial charge in [0.15, 0.2) is 0 Å². The van der Waals surface area contributed by atoms with Crippen LogP contribution in [0.25, 0.3) is 0 Å². The summed E-state index contributed by atoms with van der Waals surface area (Å²) in [6.45, 7) is 0. The molecule has 0 radical (unpaired) electrons. The van der Waals surface area contributed by atoms with E-state index >= 15 is 0 Å². The van der Waals surface area contributed by atoms with Crippen molar-refractivity contribution in [3.63, 3.8) is 0 Å². The first-order valence-electron chi connectivity index (χ1n) is 5.52. The summed E-state index contributed by atoms with van der Waals surface area (Å²) < 4.78 is 14.1. The number of hydrogen-bond acceptors (Lipinski definition) is 2. The molecule has 0 bridgehead atoms. The van der Waals surface area contributed by atoms with Gasteiger partial charge in [0.1, 0.15) is 5.82 Å². The zero-order valence-electron chi connectivity index (χ0n) is 10.1. The highest BCUT2D eigenvalue weighted by molar-refractivity contribution is 9.10. The van der Waals surface area contributed by atoms with Gasteiger partial charge in [-0.25, -0.2) is 4.39 Å². The Morgan fingerprint density at radius 2 is 1.95 bits per heavy atom. The Morgan fingerprint density at radius 3 is 2.68 bits per heavy atom. The molecule has 0 aromatic heterocycles. The van der Waals surface area contributed by atoms with E-state index < -0.39 is 11.7 Å². The third-order valence-corrected chi connectivity index (χ3v) is 3.96. The Labute approximate surface area is 123 Å². The quantitative estimate of drug-likeness (QED) is 0.830. The van der Waals surface area contributed by atoms with Gasteiger partial charge < -0.3 is 5.32 Å². The average molecular weight is 340 g/mol. The summed E-state index contributed by atoms with van der Waals surface area (Å²) in [4.78, 5) is 13.0. The standard InChI is InChI=1S/C14H11BrFNOS/c1-19-12-8-3-2-7-11(12)17-14(18)9-5-4-6-10(15)13(9)16/h2-8H,1H3,(H,17,18). The molecule has 19 heavy (non-hydrogen) atoms. The molecule has 2 aromatic rings. The zero-order valence-corrected chi connectivity index (χ0v) is 12.5. The second kappa shape index (κ2) is 6.21. The predicted octanol–water partition coefficient (Wildman–Crippen LogP) is 4.56. The maximum Gasteiger partial charge on any atom is 0.258 e. The van der Waals surface area contributed by atoms with Crippen molar-refractivity contribution in [1.82, 2.24) is 0 Å². The average Bonchev–Trinajstić information content (AvgIpc) is 2.42. The van der Waals surface area contributed by atoms with Crippen LogP contribution in [-0.2, 0) is 0 Å². The Bertz CT molecular complexity index is 618. The van der Waals surface area contributed by atoms with Crippen molar-refractivity contribution >= 4 is 39.3 Å². The number of hydrogen-bond donors (Lipinski definition) is 1. The summed E-state index contributed by atoms with van der Waals surface area (Å²) >= 11 is 4.59. The summed E-state index contributed by atoms with van der Waals surface area (Å²) in [7, 11) is 0. The fraction of sp³-hybridized carbons (Fsp3) is 0.0714. The van der Waals surface area contributed by atoms with Crippen LogP contribution in [0.5, 0.6) is 0 Å². The van der Waals surface area contributed by atoms with Crippen molar-refractivity contribution < 1.29 is 9.18 Å². The summed E-state index contributed by atoms with van der Waals surface area (Å²) in [6, 6.07) is 12.0. The van der Waals surface area contributed by atoms with Crippen LogP contribution in [0.4, 0.5) is 10.1 Å². The number of halogens is 2. The molecule has 0 heterocycles. The second-order valence-electron chi connectivity index (χ2n) is 3.76. The number of para-hydroxylation sites is 1. The van der Waals surface area contributed by atoms with Crippen molar-refractivity contribution in [2.24, 2.45) is 0 Å². The molecule has 1 amide bonds. The summed E-state index contributed by atoms with van der Waals surface area (Å²) in [5, 5.41) is 2.73. The van der Waals surface area contributed by atoms with E-state index in [1.165, 1.54) is 17.8 Å². The molecule has 5 heteroatoms. The van der Waals surface area contributed by atoms with Gasteiger partial charge in [-0.1, -0.05) is 18.2 Å². The monoisotopic (exact) mass is 339 g/mol. The minimum atomic E-state index is -0.554. The molecule has 0 aliphatic heterocycles. The Hall–Kier alpha value is -1.33. The van der Waals surface area contributed by atoms with E-state index in [9.17, 15) is 9.18 Å². The summed E-state index contributed by atoms with van der Waals surface area (Å²) in [5.74, 6) is -1.01. The lowest BCUT2D eigenvalue weighted by molar-refractivity contribution is 0.102. The molecular weight excluding hydrogens is 329 g/mol. The molecule has 2 rings (SSSR count). The number of amides is 1. The largest absolute Gasteiger partial charge is 0.321 e. The van der Waals surface area contributed by atoms with Crippen LogP contribution in [-0.4, -0.2) is 12.2 Å². The SMILES string of the molecule is CSc1ccccc1NC(=O)c1cccc(Br)c1F. The molecule has 2 nitrogen and oxygen atoms in total. The highest BCUT2D eigenvalue weighted by Crippen LogP contribution is 2.26.